The zero-order chi connectivity index (χ0) is 24.2. The van der Waals surface area contributed by atoms with Crippen LogP contribution in [0.3, 0.4) is 0 Å². The van der Waals surface area contributed by atoms with Crippen LogP contribution in [-0.2, 0) is 12.6 Å². The van der Waals surface area contributed by atoms with Gasteiger partial charge in [-0.15, -0.1) is 0 Å². The first-order valence-electron chi connectivity index (χ1n) is 14.5. The average molecular weight is 469 g/mol. The number of thiocyanates is 1. The lowest BCUT2D eigenvalue weighted by Gasteiger charge is -2.39. The molecule has 0 atom stereocenters. The summed E-state index contributed by atoms with van der Waals surface area (Å²) < 4.78 is 1.47. The predicted octanol–water partition coefficient (Wildman–Crippen LogP) is 9.70. The Kier molecular flexibility index (Phi) is 30.4. The van der Waals surface area contributed by atoms with Gasteiger partial charge in [-0.05, 0) is 51.4 Å². The van der Waals surface area contributed by atoms with E-state index in [1.165, 1.54) is 164 Å². The van der Waals surface area contributed by atoms with Gasteiger partial charge in [-0.2, -0.15) is 0 Å². The smallest absolute Gasteiger partial charge is 0.0786 e. The minimum absolute atomic E-state index is 1.33. The molecule has 0 spiro atoms. The second kappa shape index (κ2) is 28.7. The van der Waals surface area contributed by atoms with Crippen LogP contribution in [-0.4, -0.2) is 30.7 Å². The largest absolute Gasteiger partial charge is 0.696 e. The van der Waals surface area contributed by atoms with Gasteiger partial charge in [-0.25, -0.2) is 5.26 Å². The van der Waals surface area contributed by atoms with E-state index in [9.17, 15) is 0 Å². The fraction of sp³-hybridized carbons (Fsp3) is 0.966. The summed E-state index contributed by atoms with van der Waals surface area (Å²) in [7, 11) is 0. The van der Waals surface area contributed by atoms with E-state index in [2.05, 4.69) is 40.3 Å². The van der Waals surface area contributed by atoms with Gasteiger partial charge in [-0.3, -0.25) is 0 Å². The summed E-state index contributed by atoms with van der Waals surface area (Å²) in [6.45, 7) is 15.2. The maximum Gasteiger partial charge on any atom is 0.0786 e. The van der Waals surface area contributed by atoms with Gasteiger partial charge in [0.05, 0.1) is 26.2 Å². The molecule has 0 fully saturated rings. The number of unbranched alkanes of at least 4 members (excludes halogenated alkanes) is 16. The summed E-state index contributed by atoms with van der Waals surface area (Å²) in [5, 5.41) is 8.47. The molecule has 0 rings (SSSR count). The Morgan fingerprint density at radius 2 is 0.625 bits per heavy atom. The molecule has 0 bridgehead atoms. The summed E-state index contributed by atoms with van der Waals surface area (Å²) >= 11 is 3.70. The first kappa shape index (κ1) is 33.8. The van der Waals surface area contributed by atoms with Gasteiger partial charge in [0.2, 0.25) is 0 Å². The van der Waals surface area contributed by atoms with E-state index in [4.69, 9.17) is 5.26 Å². The van der Waals surface area contributed by atoms with Gasteiger partial charge in [0.1, 0.15) is 0 Å². The van der Waals surface area contributed by atoms with Gasteiger partial charge in [0.25, 0.3) is 0 Å². The minimum Gasteiger partial charge on any atom is -0.696 e. The van der Waals surface area contributed by atoms with Crippen LogP contribution in [0.4, 0.5) is 0 Å². The monoisotopic (exact) mass is 468 g/mol. The molecule has 0 unspecified atom stereocenters. The van der Waals surface area contributed by atoms with Gasteiger partial charge < -0.3 is 17.1 Å². The molecule has 0 aliphatic carbocycles. The van der Waals surface area contributed by atoms with E-state index in [0.29, 0.717) is 0 Å². The Hall–Kier alpha value is -0.330. The Bertz CT molecular complexity index is 316. The second-order valence-corrected chi connectivity index (χ2v) is 10.2. The van der Waals surface area contributed by atoms with Gasteiger partial charge in [0, 0.05) is 0 Å². The van der Waals surface area contributed by atoms with E-state index in [-0.39, 0.29) is 0 Å². The van der Waals surface area contributed by atoms with Gasteiger partial charge >= 0.3 is 0 Å². The van der Waals surface area contributed by atoms with Crippen molar-refractivity contribution in [3.8, 4) is 5.40 Å². The van der Waals surface area contributed by atoms with Crippen molar-refractivity contribution in [1.29, 1.82) is 5.26 Å². The van der Waals surface area contributed by atoms with Crippen LogP contribution in [0.15, 0.2) is 0 Å². The number of hydrogen-bond donors (Lipinski definition) is 0. The molecule has 0 N–H and O–H groups in total. The molecule has 0 saturated heterocycles. The Morgan fingerprint density at radius 1 is 0.438 bits per heavy atom. The third kappa shape index (κ3) is 24.3. The zero-order valence-electron chi connectivity index (χ0n) is 22.8. The summed E-state index contributed by atoms with van der Waals surface area (Å²) in [5.41, 5.74) is 0. The van der Waals surface area contributed by atoms with Crippen LogP contribution >= 0.6 is 0 Å². The molecule has 2 nitrogen and oxygen atoms in total. The summed E-state index contributed by atoms with van der Waals surface area (Å²) in [6, 6.07) is 0. The highest BCUT2D eigenvalue weighted by atomic mass is 32.1. The quantitative estimate of drug-likeness (QED) is 0.0609. The molecule has 0 amide bonds. The molecule has 32 heavy (non-hydrogen) atoms. The third-order valence-electron chi connectivity index (χ3n) is 6.94. The van der Waals surface area contributed by atoms with Crippen molar-refractivity contribution < 1.29 is 4.48 Å². The number of quaternary nitrogens is 1. The van der Waals surface area contributed by atoms with Crippen LogP contribution in [0, 0.1) is 10.7 Å². The fourth-order valence-corrected chi connectivity index (χ4v) is 4.87. The lowest BCUT2D eigenvalue weighted by Crippen LogP contribution is -2.50. The Morgan fingerprint density at radius 3 is 0.812 bits per heavy atom. The zero-order valence-corrected chi connectivity index (χ0v) is 23.6. The highest BCUT2D eigenvalue weighted by Crippen LogP contribution is 2.20. The van der Waals surface area contributed by atoms with Crippen molar-refractivity contribution in [3.63, 3.8) is 0 Å². The number of nitrogens with zero attached hydrogens (tertiary/aromatic N) is 2. The van der Waals surface area contributed by atoms with Crippen LogP contribution < -0.4 is 0 Å². The average Bonchev–Trinajstić information content (AvgIpc) is 2.79. The van der Waals surface area contributed by atoms with E-state index >= 15 is 0 Å². The third-order valence-corrected chi connectivity index (χ3v) is 6.94. The van der Waals surface area contributed by atoms with E-state index in [1.54, 1.807) is 0 Å². The second-order valence-electron chi connectivity index (χ2n) is 9.98. The number of nitriles is 1. The van der Waals surface area contributed by atoms with Crippen molar-refractivity contribution in [2.24, 2.45) is 0 Å². The molecule has 0 aromatic heterocycles. The molecule has 0 aliphatic heterocycles. The van der Waals surface area contributed by atoms with Crippen molar-refractivity contribution in [1.82, 2.24) is 0 Å². The standard InChI is InChI=1S/C28H60N.CHNS/c1-5-9-13-17-21-25-29(26-22-18-14-10-6-2,27-23-19-15-11-7-3)28-24-20-16-12-8-4;2-1-3/h5-28H2,1-4H3;3H/q+1;/p-1. The van der Waals surface area contributed by atoms with Crippen LogP contribution in [0.25, 0.3) is 0 Å². The Labute approximate surface area is 209 Å². The fourth-order valence-electron chi connectivity index (χ4n) is 4.87. The lowest BCUT2D eigenvalue weighted by molar-refractivity contribution is -0.929. The van der Waals surface area contributed by atoms with Gasteiger partial charge in [-0.1, -0.05) is 110 Å². The topological polar surface area (TPSA) is 23.8 Å². The molecular formula is C29H60N2S. The normalized spacial score (nSPS) is 11.1. The van der Waals surface area contributed by atoms with E-state index in [0.717, 1.165) is 0 Å². The molecule has 3 heteroatoms. The lowest BCUT2D eigenvalue weighted by atomic mass is 10.1. The van der Waals surface area contributed by atoms with Crippen molar-refractivity contribution in [2.45, 2.75) is 156 Å². The maximum absolute atomic E-state index is 7.13. The maximum atomic E-state index is 7.13. The SMILES string of the molecule is CCCCCCC[N+](CCCCCCC)(CCCCCCC)CCCCCCC.N#C[S-]. The summed E-state index contributed by atoms with van der Waals surface area (Å²) in [5.74, 6) is 0. The summed E-state index contributed by atoms with van der Waals surface area (Å²) in [6.07, 6.45) is 28.8. The molecular weight excluding hydrogens is 408 g/mol. The molecule has 0 heterocycles. The van der Waals surface area contributed by atoms with E-state index < -0.39 is 0 Å². The molecule has 0 radical (unpaired) electrons. The predicted molar refractivity (Wildman–Crippen MR) is 148 cm³/mol. The first-order valence-corrected chi connectivity index (χ1v) is 14.9. The van der Waals surface area contributed by atoms with Crippen molar-refractivity contribution >= 4 is 12.6 Å². The highest BCUT2D eigenvalue weighted by Gasteiger charge is 2.25. The van der Waals surface area contributed by atoms with Crippen molar-refractivity contribution in [2.75, 3.05) is 26.2 Å². The molecule has 0 aliphatic rings. The number of hydrogen-bond acceptors (Lipinski definition) is 2. The first-order chi connectivity index (χ1) is 15.7. The van der Waals surface area contributed by atoms with Crippen molar-refractivity contribution in [3.05, 3.63) is 0 Å². The highest BCUT2D eigenvalue weighted by molar-refractivity contribution is 7.64. The molecule has 0 saturated carbocycles. The van der Waals surface area contributed by atoms with Crippen LogP contribution in [0.5, 0.6) is 0 Å². The van der Waals surface area contributed by atoms with E-state index in [1.807, 2.05) is 0 Å². The minimum atomic E-state index is 1.33. The summed E-state index contributed by atoms with van der Waals surface area (Å²) in [4.78, 5) is 0. The molecule has 0 aromatic carbocycles. The van der Waals surface area contributed by atoms with Gasteiger partial charge in [0.15, 0.2) is 0 Å². The Balaban J connectivity index is 0. The van der Waals surface area contributed by atoms with Crippen LogP contribution in [0.1, 0.15) is 156 Å². The van der Waals surface area contributed by atoms with Crippen LogP contribution in [0.2, 0.25) is 0 Å². The number of rotatable bonds is 24. The molecule has 0 aromatic rings. The molecule has 192 valence electrons.